The van der Waals surface area contributed by atoms with E-state index in [0.717, 1.165) is 11.3 Å². The number of piperidine rings is 1. The minimum absolute atomic E-state index is 0.133. The summed E-state index contributed by atoms with van der Waals surface area (Å²) in [7, 11) is 2.02. The lowest BCUT2D eigenvalue weighted by Crippen LogP contribution is -2.55. The van der Waals surface area contributed by atoms with Gasteiger partial charge in [0, 0.05) is 62.5 Å². The number of amides is 2. The third-order valence-electron chi connectivity index (χ3n) is 8.89. The predicted molar refractivity (Wildman–Crippen MR) is 156 cm³/mol. The Morgan fingerprint density at radius 1 is 1.05 bits per heavy atom. The molecule has 5 rings (SSSR count). The Morgan fingerprint density at radius 3 is 2.36 bits per heavy atom. The molecule has 2 fully saturated rings. The summed E-state index contributed by atoms with van der Waals surface area (Å²) in [4.78, 5) is 31.5. The van der Waals surface area contributed by atoms with Crippen molar-refractivity contribution in [2.45, 2.75) is 44.9 Å². The maximum atomic E-state index is 15.8. The number of alkyl halides is 3. The van der Waals surface area contributed by atoms with Crippen molar-refractivity contribution in [3.8, 4) is 0 Å². The van der Waals surface area contributed by atoms with Crippen LogP contribution in [0.5, 0.6) is 0 Å². The number of benzene rings is 2. The second-order valence-corrected chi connectivity index (χ2v) is 11.6. The van der Waals surface area contributed by atoms with Crippen LogP contribution >= 0.6 is 0 Å². The molecule has 11 heteroatoms. The van der Waals surface area contributed by atoms with Crippen molar-refractivity contribution in [1.82, 2.24) is 10.2 Å². The molecule has 3 aliphatic heterocycles. The van der Waals surface area contributed by atoms with Crippen molar-refractivity contribution in [1.29, 1.82) is 0 Å². The number of rotatable bonds is 5. The van der Waals surface area contributed by atoms with Crippen LogP contribution in [0, 0.1) is 17.7 Å². The van der Waals surface area contributed by atoms with Crippen LogP contribution in [-0.4, -0.2) is 74.7 Å². The van der Waals surface area contributed by atoms with Gasteiger partial charge in [-0.3, -0.25) is 14.5 Å². The molecule has 0 radical (unpaired) electrons. The van der Waals surface area contributed by atoms with Gasteiger partial charge in [0.05, 0.1) is 23.2 Å². The first-order valence-corrected chi connectivity index (χ1v) is 14.4. The number of carbonyl (C=O) groups is 2. The molecule has 42 heavy (non-hydrogen) atoms. The summed E-state index contributed by atoms with van der Waals surface area (Å²) in [6.45, 7) is 6.04. The fourth-order valence-electron chi connectivity index (χ4n) is 6.18. The van der Waals surface area contributed by atoms with Gasteiger partial charge in [0.1, 0.15) is 5.82 Å². The average Bonchev–Trinajstić information content (AvgIpc) is 2.96. The van der Waals surface area contributed by atoms with E-state index in [1.54, 1.807) is 6.07 Å². The first kappa shape index (κ1) is 29.9. The number of nitrogens with zero attached hydrogens (tertiary/aromatic N) is 3. The van der Waals surface area contributed by atoms with E-state index in [1.165, 1.54) is 6.07 Å². The molecular formula is C31H37F4N5O2. The topological polar surface area (TPSA) is 67.9 Å². The number of likely N-dealkylation sites (N-methyl/N-ethyl adjacent to an activating group) is 1. The standard InChI is InChI=1S/C31H37F4N5O2/c1-19-17-40(18-20(2)38(19)3)28-15-26(32)23(21-9-11-39(12-10-21)22-7-5-4-6-8-22)13-27(28)37-30(42)24-16-36-29(41)14-25(24)31(33,34)35/h4-9,13,15,19-20,24-25H,10-12,14,16-18H2,1-3H3,(H,36,41)(H,37,42)/t19-,20+,24?,25?. The van der Waals surface area contributed by atoms with Gasteiger partial charge in [-0.15, -0.1) is 0 Å². The third-order valence-corrected chi connectivity index (χ3v) is 8.89. The molecular weight excluding hydrogens is 550 g/mol. The quantitative estimate of drug-likeness (QED) is 0.488. The Hall–Kier alpha value is -3.60. The molecule has 226 valence electrons. The van der Waals surface area contributed by atoms with Crippen LogP contribution in [0.4, 0.5) is 34.6 Å². The zero-order chi connectivity index (χ0) is 30.2. The van der Waals surface area contributed by atoms with Gasteiger partial charge < -0.3 is 20.4 Å². The van der Waals surface area contributed by atoms with E-state index >= 15 is 4.39 Å². The van der Waals surface area contributed by atoms with Crippen LogP contribution < -0.4 is 20.4 Å². The maximum Gasteiger partial charge on any atom is 0.393 e. The summed E-state index contributed by atoms with van der Waals surface area (Å²) in [6, 6.07) is 13.1. The van der Waals surface area contributed by atoms with E-state index in [4.69, 9.17) is 0 Å². The predicted octanol–water partition coefficient (Wildman–Crippen LogP) is 4.90. The highest BCUT2D eigenvalue weighted by Gasteiger charge is 2.50. The van der Waals surface area contributed by atoms with Crippen LogP contribution in [0.3, 0.4) is 0 Å². The number of nitrogens with one attached hydrogen (secondary N) is 2. The van der Waals surface area contributed by atoms with E-state index in [2.05, 4.69) is 34.3 Å². The van der Waals surface area contributed by atoms with Crippen molar-refractivity contribution in [2.75, 3.05) is 54.9 Å². The molecule has 3 heterocycles. The van der Waals surface area contributed by atoms with Gasteiger partial charge in [-0.2, -0.15) is 13.2 Å². The summed E-state index contributed by atoms with van der Waals surface area (Å²) in [6.07, 6.45) is -3.00. The highest BCUT2D eigenvalue weighted by atomic mass is 19.4. The van der Waals surface area contributed by atoms with Gasteiger partial charge in [-0.1, -0.05) is 24.3 Å². The first-order chi connectivity index (χ1) is 19.9. The monoisotopic (exact) mass is 587 g/mol. The SMILES string of the molecule is C[C@@H]1CN(c2cc(F)c(C3=CCN(c4ccccc4)CC3)cc2NC(=O)C2CNC(=O)CC2C(F)(F)F)C[C@H](C)N1C. The minimum Gasteiger partial charge on any atom is -0.367 e. The molecule has 2 aromatic carbocycles. The first-order valence-electron chi connectivity index (χ1n) is 14.4. The summed E-state index contributed by atoms with van der Waals surface area (Å²) in [5, 5.41) is 5.12. The Labute approximate surface area is 243 Å². The molecule has 2 unspecified atom stereocenters. The number of halogens is 4. The highest BCUT2D eigenvalue weighted by Crippen LogP contribution is 2.39. The van der Waals surface area contributed by atoms with Crippen molar-refractivity contribution < 1.29 is 27.2 Å². The average molecular weight is 588 g/mol. The van der Waals surface area contributed by atoms with Crippen molar-refractivity contribution in [2.24, 2.45) is 11.8 Å². The fraction of sp³-hybridized carbons (Fsp3) is 0.484. The van der Waals surface area contributed by atoms with Crippen LogP contribution in [0.25, 0.3) is 5.57 Å². The molecule has 4 atom stereocenters. The van der Waals surface area contributed by atoms with E-state index in [1.807, 2.05) is 48.4 Å². The Kier molecular flexibility index (Phi) is 8.50. The zero-order valence-corrected chi connectivity index (χ0v) is 24.0. The molecule has 0 aliphatic carbocycles. The lowest BCUT2D eigenvalue weighted by Gasteiger charge is -2.44. The van der Waals surface area contributed by atoms with Gasteiger partial charge in [0.15, 0.2) is 0 Å². The fourth-order valence-corrected chi connectivity index (χ4v) is 6.18. The zero-order valence-electron chi connectivity index (χ0n) is 24.0. The van der Waals surface area contributed by atoms with Crippen LogP contribution in [0.2, 0.25) is 0 Å². The normalized spacial score (nSPS) is 25.6. The van der Waals surface area contributed by atoms with Gasteiger partial charge in [0.2, 0.25) is 11.8 Å². The molecule has 2 saturated heterocycles. The van der Waals surface area contributed by atoms with Gasteiger partial charge in [-0.05, 0) is 57.2 Å². The van der Waals surface area contributed by atoms with Gasteiger partial charge in [0.25, 0.3) is 0 Å². The summed E-state index contributed by atoms with van der Waals surface area (Å²) in [5.74, 6) is -5.62. The van der Waals surface area contributed by atoms with Gasteiger partial charge in [-0.25, -0.2) is 4.39 Å². The molecule has 2 N–H and O–H groups in total. The minimum atomic E-state index is -4.71. The summed E-state index contributed by atoms with van der Waals surface area (Å²) < 4.78 is 57.3. The van der Waals surface area contributed by atoms with Crippen LogP contribution in [0.15, 0.2) is 48.5 Å². The van der Waals surface area contributed by atoms with Crippen LogP contribution in [-0.2, 0) is 9.59 Å². The molecule has 3 aliphatic rings. The summed E-state index contributed by atoms with van der Waals surface area (Å²) in [5.41, 5.74) is 2.86. The molecule has 7 nitrogen and oxygen atoms in total. The van der Waals surface area contributed by atoms with E-state index in [-0.39, 0.29) is 17.8 Å². The smallest absolute Gasteiger partial charge is 0.367 e. The summed E-state index contributed by atoms with van der Waals surface area (Å²) >= 11 is 0. The molecule has 0 saturated carbocycles. The van der Waals surface area contributed by atoms with E-state index in [0.29, 0.717) is 43.9 Å². The van der Waals surface area contributed by atoms with Crippen molar-refractivity contribution in [3.05, 3.63) is 59.9 Å². The number of piperazine rings is 1. The molecule has 2 amide bonds. The molecule has 0 aromatic heterocycles. The number of carbonyl (C=O) groups excluding carboxylic acids is 2. The van der Waals surface area contributed by atoms with E-state index < -0.39 is 48.6 Å². The number of para-hydroxylation sites is 1. The Balaban J connectivity index is 1.48. The second kappa shape index (κ2) is 11.9. The lowest BCUT2D eigenvalue weighted by atomic mass is 9.84. The van der Waals surface area contributed by atoms with Gasteiger partial charge >= 0.3 is 6.18 Å². The van der Waals surface area contributed by atoms with E-state index in [9.17, 15) is 22.8 Å². The van der Waals surface area contributed by atoms with Crippen LogP contribution in [0.1, 0.15) is 32.3 Å². The molecule has 0 bridgehead atoms. The van der Waals surface area contributed by atoms with Crippen molar-refractivity contribution >= 4 is 34.4 Å². The second-order valence-electron chi connectivity index (χ2n) is 11.6. The molecule has 2 aromatic rings. The highest BCUT2D eigenvalue weighted by molar-refractivity contribution is 5.98. The number of hydrogen-bond acceptors (Lipinski definition) is 5. The molecule has 0 spiro atoms. The third kappa shape index (κ3) is 6.25. The Morgan fingerprint density at radius 2 is 1.74 bits per heavy atom. The number of hydrogen-bond donors (Lipinski definition) is 2. The van der Waals surface area contributed by atoms with Crippen molar-refractivity contribution in [3.63, 3.8) is 0 Å². The Bertz CT molecular complexity index is 1340. The maximum absolute atomic E-state index is 15.8. The number of anilines is 3. The largest absolute Gasteiger partial charge is 0.393 e. The lowest BCUT2D eigenvalue weighted by molar-refractivity contribution is -0.197.